The van der Waals surface area contributed by atoms with Crippen LogP contribution in [0.4, 0.5) is 5.69 Å². The van der Waals surface area contributed by atoms with Gasteiger partial charge in [0.05, 0.1) is 18.7 Å². The van der Waals surface area contributed by atoms with Crippen LogP contribution in [0.25, 0.3) is 6.08 Å². The maximum absolute atomic E-state index is 12.3. The van der Waals surface area contributed by atoms with Crippen molar-refractivity contribution >= 4 is 29.5 Å². The molecule has 1 N–H and O–H groups in total. The molecule has 1 aliphatic rings. The van der Waals surface area contributed by atoms with Crippen LogP contribution in [0.15, 0.2) is 60.7 Å². The molecule has 1 saturated heterocycles. The molecule has 3 rings (SSSR count). The van der Waals surface area contributed by atoms with E-state index in [1.54, 1.807) is 41.3 Å². The number of rotatable bonds is 7. The number of carbonyl (C=O) groups is 3. The lowest BCUT2D eigenvalue weighted by Gasteiger charge is -2.30. The Morgan fingerprint density at radius 1 is 1.03 bits per heavy atom. The van der Waals surface area contributed by atoms with Gasteiger partial charge in [-0.3, -0.25) is 14.4 Å². The van der Waals surface area contributed by atoms with Crippen LogP contribution in [-0.2, 0) is 19.1 Å². The third-order valence-corrected chi connectivity index (χ3v) is 5.08. The number of methoxy groups -OCH3 is 1. The van der Waals surface area contributed by atoms with Crippen molar-refractivity contribution in [2.45, 2.75) is 12.8 Å². The van der Waals surface area contributed by atoms with E-state index >= 15 is 0 Å². The lowest BCUT2D eigenvalue weighted by molar-refractivity contribution is -0.153. The average molecular weight is 422 g/mol. The molecule has 2 aromatic rings. The molecule has 2 aromatic carbocycles. The average Bonchev–Trinajstić information content (AvgIpc) is 2.82. The number of hydrogen-bond acceptors (Lipinski definition) is 5. The van der Waals surface area contributed by atoms with E-state index in [0.717, 1.165) is 5.56 Å². The lowest BCUT2D eigenvalue weighted by Crippen LogP contribution is -2.40. The second kappa shape index (κ2) is 11.0. The summed E-state index contributed by atoms with van der Waals surface area (Å²) in [6, 6.07) is 16.6. The molecule has 1 fully saturated rings. The van der Waals surface area contributed by atoms with Crippen LogP contribution in [0, 0.1) is 5.92 Å². The summed E-state index contributed by atoms with van der Waals surface area (Å²) in [5.41, 5.74) is 1.47. The highest BCUT2D eigenvalue weighted by atomic mass is 16.5. The second-order valence-electron chi connectivity index (χ2n) is 7.20. The molecule has 7 nitrogen and oxygen atoms in total. The number of para-hydroxylation sites is 2. The molecule has 1 heterocycles. The molecule has 0 unspecified atom stereocenters. The van der Waals surface area contributed by atoms with Gasteiger partial charge in [-0.25, -0.2) is 0 Å². The Morgan fingerprint density at radius 2 is 1.71 bits per heavy atom. The monoisotopic (exact) mass is 422 g/mol. The molecule has 0 spiro atoms. The Labute approximate surface area is 181 Å². The van der Waals surface area contributed by atoms with Gasteiger partial charge in [0.1, 0.15) is 5.75 Å². The van der Waals surface area contributed by atoms with Gasteiger partial charge in [0, 0.05) is 19.2 Å². The number of anilines is 1. The van der Waals surface area contributed by atoms with Gasteiger partial charge in [0.15, 0.2) is 6.61 Å². The van der Waals surface area contributed by atoms with Crippen LogP contribution >= 0.6 is 0 Å². The van der Waals surface area contributed by atoms with E-state index in [0.29, 0.717) is 37.4 Å². The summed E-state index contributed by atoms with van der Waals surface area (Å²) in [6.07, 6.45) is 4.36. The van der Waals surface area contributed by atoms with Crippen molar-refractivity contribution < 1.29 is 23.9 Å². The summed E-state index contributed by atoms with van der Waals surface area (Å²) in [5.74, 6) is -0.716. The first-order chi connectivity index (χ1) is 15.1. The van der Waals surface area contributed by atoms with Gasteiger partial charge < -0.3 is 19.7 Å². The van der Waals surface area contributed by atoms with Crippen LogP contribution in [0.3, 0.4) is 0 Å². The summed E-state index contributed by atoms with van der Waals surface area (Å²) in [4.78, 5) is 38.5. The zero-order chi connectivity index (χ0) is 22.1. The van der Waals surface area contributed by atoms with Crippen LogP contribution in [0.1, 0.15) is 18.4 Å². The Bertz CT molecular complexity index is 934. The van der Waals surface area contributed by atoms with Gasteiger partial charge in [-0.05, 0) is 36.6 Å². The third kappa shape index (κ3) is 6.44. The zero-order valence-electron chi connectivity index (χ0n) is 17.5. The summed E-state index contributed by atoms with van der Waals surface area (Å²) in [7, 11) is 1.51. The molecule has 2 amide bonds. The molecule has 0 atom stereocenters. The third-order valence-electron chi connectivity index (χ3n) is 5.08. The van der Waals surface area contributed by atoms with Crippen molar-refractivity contribution in [3.8, 4) is 5.75 Å². The van der Waals surface area contributed by atoms with Gasteiger partial charge in [-0.2, -0.15) is 0 Å². The van der Waals surface area contributed by atoms with E-state index in [-0.39, 0.29) is 18.4 Å². The van der Waals surface area contributed by atoms with E-state index in [4.69, 9.17) is 9.47 Å². The first-order valence-corrected chi connectivity index (χ1v) is 10.2. The number of likely N-dealkylation sites (tertiary alicyclic amines) is 1. The van der Waals surface area contributed by atoms with Gasteiger partial charge in [-0.1, -0.05) is 42.5 Å². The number of amides is 2. The summed E-state index contributed by atoms with van der Waals surface area (Å²) >= 11 is 0. The fourth-order valence-corrected chi connectivity index (χ4v) is 3.36. The normalized spacial score (nSPS) is 14.3. The summed E-state index contributed by atoms with van der Waals surface area (Å²) < 4.78 is 10.4. The largest absolute Gasteiger partial charge is 0.495 e. The lowest BCUT2D eigenvalue weighted by atomic mass is 9.97. The van der Waals surface area contributed by atoms with E-state index in [1.165, 1.54) is 7.11 Å². The fraction of sp³-hybridized carbons (Fsp3) is 0.292. The maximum Gasteiger partial charge on any atom is 0.309 e. The Hall–Kier alpha value is -3.61. The van der Waals surface area contributed by atoms with Crippen molar-refractivity contribution in [3.63, 3.8) is 0 Å². The van der Waals surface area contributed by atoms with Crippen molar-refractivity contribution in [2.24, 2.45) is 5.92 Å². The topological polar surface area (TPSA) is 84.9 Å². The number of benzene rings is 2. The van der Waals surface area contributed by atoms with Gasteiger partial charge in [0.25, 0.3) is 5.91 Å². The standard InChI is InChI=1S/C24H26N2O5/c1-30-21-10-6-5-9-20(21)25-22(27)17-31-24(29)19-13-15-26(16-14-19)23(28)12-11-18-7-3-2-4-8-18/h2-12,19H,13-17H2,1H3,(H,25,27)/b12-11+. The predicted molar refractivity (Wildman–Crippen MR) is 117 cm³/mol. The molecule has 0 aromatic heterocycles. The van der Waals surface area contributed by atoms with Gasteiger partial charge >= 0.3 is 5.97 Å². The van der Waals surface area contributed by atoms with E-state index in [9.17, 15) is 14.4 Å². The predicted octanol–water partition coefficient (Wildman–Crippen LogP) is 3.13. The molecule has 0 bridgehead atoms. The number of ether oxygens (including phenoxy) is 2. The molecular weight excluding hydrogens is 396 g/mol. The molecule has 162 valence electrons. The number of nitrogens with zero attached hydrogens (tertiary/aromatic N) is 1. The zero-order valence-corrected chi connectivity index (χ0v) is 17.5. The number of hydrogen-bond donors (Lipinski definition) is 1. The minimum absolute atomic E-state index is 0.0770. The fourth-order valence-electron chi connectivity index (χ4n) is 3.36. The first-order valence-electron chi connectivity index (χ1n) is 10.2. The highest BCUT2D eigenvalue weighted by Crippen LogP contribution is 2.23. The van der Waals surface area contributed by atoms with Crippen LogP contribution in [0.2, 0.25) is 0 Å². The van der Waals surface area contributed by atoms with Crippen molar-refractivity contribution in [3.05, 3.63) is 66.2 Å². The maximum atomic E-state index is 12.3. The summed E-state index contributed by atoms with van der Waals surface area (Å²) in [6.45, 7) is 0.589. The van der Waals surface area contributed by atoms with Crippen molar-refractivity contribution in [1.29, 1.82) is 0 Å². The minimum atomic E-state index is -0.434. The number of nitrogens with one attached hydrogen (secondary N) is 1. The quantitative estimate of drug-likeness (QED) is 0.547. The van der Waals surface area contributed by atoms with Gasteiger partial charge in [0.2, 0.25) is 5.91 Å². The Morgan fingerprint density at radius 3 is 2.42 bits per heavy atom. The Kier molecular flexibility index (Phi) is 7.81. The van der Waals surface area contributed by atoms with Crippen LogP contribution in [0.5, 0.6) is 5.75 Å². The first kappa shape index (κ1) is 22.1. The molecule has 7 heteroatoms. The SMILES string of the molecule is COc1ccccc1NC(=O)COC(=O)C1CCN(C(=O)/C=C/c2ccccc2)CC1. The second-order valence-corrected chi connectivity index (χ2v) is 7.20. The van der Waals surface area contributed by atoms with Crippen LogP contribution in [-0.4, -0.2) is 49.5 Å². The number of piperidine rings is 1. The van der Waals surface area contributed by atoms with Crippen molar-refractivity contribution in [1.82, 2.24) is 4.90 Å². The van der Waals surface area contributed by atoms with E-state index in [1.807, 2.05) is 30.3 Å². The highest BCUT2D eigenvalue weighted by Gasteiger charge is 2.28. The molecule has 0 radical (unpaired) electrons. The molecule has 0 saturated carbocycles. The van der Waals surface area contributed by atoms with Gasteiger partial charge in [-0.15, -0.1) is 0 Å². The minimum Gasteiger partial charge on any atom is -0.495 e. The molecule has 0 aliphatic carbocycles. The number of esters is 1. The van der Waals surface area contributed by atoms with E-state index in [2.05, 4.69) is 5.32 Å². The molecule has 31 heavy (non-hydrogen) atoms. The van der Waals surface area contributed by atoms with Crippen molar-refractivity contribution in [2.75, 3.05) is 32.1 Å². The molecule has 1 aliphatic heterocycles. The number of carbonyl (C=O) groups excluding carboxylic acids is 3. The van der Waals surface area contributed by atoms with Crippen LogP contribution < -0.4 is 10.1 Å². The van der Waals surface area contributed by atoms with E-state index < -0.39 is 11.9 Å². The molecular formula is C24H26N2O5. The summed E-state index contributed by atoms with van der Waals surface area (Å²) in [5, 5.41) is 2.67. The highest BCUT2D eigenvalue weighted by molar-refractivity contribution is 5.94. The smallest absolute Gasteiger partial charge is 0.309 e. The Balaban J connectivity index is 1.41.